The Bertz CT molecular complexity index is 177. The van der Waals surface area contributed by atoms with Gasteiger partial charge in [-0.3, -0.25) is 0 Å². The first-order chi connectivity index (χ1) is 5.40. The molecule has 0 aromatic carbocycles. The summed E-state index contributed by atoms with van der Waals surface area (Å²) in [5, 5.41) is 4.04. The van der Waals surface area contributed by atoms with Crippen LogP contribution in [0.4, 0.5) is 0 Å². The molecule has 1 aliphatic carbocycles. The van der Waals surface area contributed by atoms with Crippen molar-refractivity contribution in [1.29, 1.82) is 0 Å². The van der Waals surface area contributed by atoms with Crippen LogP contribution in [-0.2, 0) is 4.84 Å². The largest absolute Gasteiger partial charge is 0.391 e. The molecule has 0 saturated heterocycles. The van der Waals surface area contributed by atoms with Gasteiger partial charge in [0.05, 0.1) is 11.6 Å². The van der Waals surface area contributed by atoms with Gasteiger partial charge in [0.25, 0.3) is 0 Å². The lowest BCUT2D eigenvalue weighted by molar-refractivity contribution is 0.102. The van der Waals surface area contributed by atoms with Crippen LogP contribution in [0.2, 0.25) is 0 Å². The van der Waals surface area contributed by atoms with E-state index in [1.165, 1.54) is 25.0 Å². The van der Waals surface area contributed by atoms with E-state index in [9.17, 15) is 0 Å². The molecule has 0 radical (unpaired) electrons. The Morgan fingerprint density at radius 1 is 1.55 bits per heavy atom. The summed E-state index contributed by atoms with van der Waals surface area (Å²) in [7, 11) is 0. The first-order valence-electron chi connectivity index (χ1n) is 4.18. The lowest BCUT2D eigenvalue weighted by atomic mass is 9.80. The molecule has 1 saturated carbocycles. The number of hydrogen-bond acceptors (Lipinski definition) is 2. The Morgan fingerprint density at radius 3 is 2.82 bits per heavy atom. The standard InChI is InChI=1S/C8H12ClNO/c9-5-7-4-8(10-11-7)6-2-1-3-6/h6-7H,1-5H2. The zero-order valence-corrected chi connectivity index (χ0v) is 7.18. The molecule has 1 atom stereocenters. The summed E-state index contributed by atoms with van der Waals surface area (Å²) in [6.45, 7) is 0. The van der Waals surface area contributed by atoms with E-state index < -0.39 is 0 Å². The number of nitrogens with zero attached hydrogens (tertiary/aromatic N) is 1. The van der Waals surface area contributed by atoms with Crippen molar-refractivity contribution in [1.82, 2.24) is 0 Å². The maximum absolute atomic E-state index is 5.64. The second kappa shape index (κ2) is 3.02. The highest BCUT2D eigenvalue weighted by molar-refractivity contribution is 6.18. The summed E-state index contributed by atoms with van der Waals surface area (Å²) in [5.41, 5.74) is 1.25. The van der Waals surface area contributed by atoms with E-state index in [1.54, 1.807) is 0 Å². The van der Waals surface area contributed by atoms with Crippen molar-refractivity contribution in [2.75, 3.05) is 5.88 Å². The van der Waals surface area contributed by atoms with Gasteiger partial charge in [-0.05, 0) is 12.8 Å². The second-order valence-corrected chi connectivity index (χ2v) is 3.60. The normalized spacial score (nSPS) is 31.0. The molecule has 0 aromatic heterocycles. The Hall–Kier alpha value is -0.240. The van der Waals surface area contributed by atoms with Crippen LogP contribution < -0.4 is 0 Å². The SMILES string of the molecule is ClCC1CC(C2CCC2)=NO1. The highest BCUT2D eigenvalue weighted by Crippen LogP contribution is 2.32. The zero-order chi connectivity index (χ0) is 7.68. The fourth-order valence-electron chi connectivity index (χ4n) is 1.52. The third-order valence-electron chi connectivity index (χ3n) is 2.50. The van der Waals surface area contributed by atoms with Gasteiger partial charge in [-0.1, -0.05) is 11.6 Å². The molecule has 0 bridgehead atoms. The first-order valence-corrected chi connectivity index (χ1v) is 4.72. The van der Waals surface area contributed by atoms with Crippen molar-refractivity contribution in [3.63, 3.8) is 0 Å². The molecule has 62 valence electrons. The second-order valence-electron chi connectivity index (χ2n) is 3.30. The van der Waals surface area contributed by atoms with Crippen LogP contribution in [0.25, 0.3) is 0 Å². The minimum atomic E-state index is 0.160. The molecule has 0 N–H and O–H groups in total. The van der Waals surface area contributed by atoms with E-state index in [1.807, 2.05) is 0 Å². The van der Waals surface area contributed by atoms with E-state index >= 15 is 0 Å². The minimum absolute atomic E-state index is 0.160. The molecule has 1 unspecified atom stereocenters. The molecule has 2 aliphatic rings. The summed E-state index contributed by atoms with van der Waals surface area (Å²) in [4.78, 5) is 5.13. The molecule has 2 nitrogen and oxygen atoms in total. The molecule has 0 amide bonds. The average molecular weight is 174 g/mol. The average Bonchev–Trinajstić information content (AvgIpc) is 2.32. The van der Waals surface area contributed by atoms with Crippen molar-refractivity contribution in [3.05, 3.63) is 0 Å². The van der Waals surface area contributed by atoms with Gasteiger partial charge in [-0.25, -0.2) is 0 Å². The minimum Gasteiger partial charge on any atom is -0.391 e. The summed E-state index contributed by atoms with van der Waals surface area (Å²) < 4.78 is 0. The molecule has 0 spiro atoms. The number of halogens is 1. The molecular weight excluding hydrogens is 162 g/mol. The molecule has 2 rings (SSSR count). The van der Waals surface area contributed by atoms with Crippen molar-refractivity contribution in [2.24, 2.45) is 11.1 Å². The van der Waals surface area contributed by atoms with E-state index in [-0.39, 0.29) is 6.10 Å². The summed E-state index contributed by atoms with van der Waals surface area (Å²) in [6, 6.07) is 0. The van der Waals surface area contributed by atoms with Crippen molar-refractivity contribution in [3.8, 4) is 0 Å². The van der Waals surface area contributed by atoms with E-state index in [0.717, 1.165) is 12.3 Å². The highest BCUT2D eigenvalue weighted by atomic mass is 35.5. The Kier molecular flexibility index (Phi) is 2.03. The fraction of sp³-hybridized carbons (Fsp3) is 0.875. The van der Waals surface area contributed by atoms with Crippen molar-refractivity contribution in [2.45, 2.75) is 31.8 Å². The smallest absolute Gasteiger partial charge is 0.146 e. The third kappa shape index (κ3) is 1.36. The molecule has 1 fully saturated rings. The number of alkyl halides is 1. The van der Waals surface area contributed by atoms with Gasteiger partial charge < -0.3 is 4.84 Å². The van der Waals surface area contributed by atoms with E-state index in [0.29, 0.717) is 5.88 Å². The summed E-state index contributed by atoms with van der Waals surface area (Å²) in [5.74, 6) is 1.29. The Balaban J connectivity index is 1.86. The number of oxime groups is 1. The molecular formula is C8H12ClNO. The van der Waals surface area contributed by atoms with Gasteiger partial charge >= 0.3 is 0 Å². The van der Waals surface area contributed by atoms with Crippen LogP contribution in [-0.4, -0.2) is 17.7 Å². The monoisotopic (exact) mass is 173 g/mol. The lowest BCUT2D eigenvalue weighted by Gasteiger charge is -2.24. The maximum atomic E-state index is 5.64. The van der Waals surface area contributed by atoms with Crippen LogP contribution >= 0.6 is 11.6 Å². The fourth-order valence-corrected chi connectivity index (χ4v) is 1.68. The maximum Gasteiger partial charge on any atom is 0.146 e. The molecule has 0 aromatic rings. The van der Waals surface area contributed by atoms with Gasteiger partial charge in [0.15, 0.2) is 0 Å². The first kappa shape index (κ1) is 7.41. The molecule has 11 heavy (non-hydrogen) atoms. The van der Waals surface area contributed by atoms with Gasteiger partial charge in [-0.2, -0.15) is 0 Å². The van der Waals surface area contributed by atoms with Gasteiger partial charge in [0.1, 0.15) is 6.10 Å². The van der Waals surface area contributed by atoms with Crippen LogP contribution in [0.15, 0.2) is 5.16 Å². The number of hydrogen-bond donors (Lipinski definition) is 0. The van der Waals surface area contributed by atoms with Crippen LogP contribution in [0.5, 0.6) is 0 Å². The quantitative estimate of drug-likeness (QED) is 0.587. The zero-order valence-electron chi connectivity index (χ0n) is 6.42. The van der Waals surface area contributed by atoms with Crippen LogP contribution in [0.1, 0.15) is 25.7 Å². The highest BCUT2D eigenvalue weighted by Gasteiger charge is 2.30. The number of rotatable bonds is 2. The predicted molar refractivity (Wildman–Crippen MR) is 45.0 cm³/mol. The van der Waals surface area contributed by atoms with Gasteiger partial charge in [-0.15, -0.1) is 11.6 Å². The Labute approximate surface area is 71.5 Å². The Morgan fingerprint density at radius 2 is 2.36 bits per heavy atom. The van der Waals surface area contributed by atoms with Crippen molar-refractivity contribution >= 4 is 17.3 Å². The summed E-state index contributed by atoms with van der Waals surface area (Å²) >= 11 is 5.64. The van der Waals surface area contributed by atoms with Crippen molar-refractivity contribution < 1.29 is 4.84 Å². The molecule has 1 aliphatic heterocycles. The van der Waals surface area contributed by atoms with Gasteiger partial charge in [0.2, 0.25) is 0 Å². The predicted octanol–water partition coefficient (Wildman–Crippen LogP) is 2.17. The topological polar surface area (TPSA) is 21.6 Å². The van der Waals surface area contributed by atoms with Crippen LogP contribution in [0.3, 0.4) is 0 Å². The molecule has 3 heteroatoms. The van der Waals surface area contributed by atoms with Crippen LogP contribution in [0, 0.1) is 5.92 Å². The summed E-state index contributed by atoms with van der Waals surface area (Å²) in [6.07, 6.45) is 5.09. The lowest BCUT2D eigenvalue weighted by Crippen LogP contribution is -2.22. The van der Waals surface area contributed by atoms with E-state index in [2.05, 4.69) is 5.16 Å². The van der Waals surface area contributed by atoms with E-state index in [4.69, 9.17) is 16.4 Å². The molecule has 1 heterocycles. The third-order valence-corrected chi connectivity index (χ3v) is 2.85. The van der Waals surface area contributed by atoms with Gasteiger partial charge in [0, 0.05) is 12.3 Å².